The summed E-state index contributed by atoms with van der Waals surface area (Å²) in [4.78, 5) is 35.5. The summed E-state index contributed by atoms with van der Waals surface area (Å²) in [7, 11) is 7.03. The average molecular weight is 517 g/mol. The second-order valence-electron chi connectivity index (χ2n) is 9.81. The van der Waals surface area contributed by atoms with Crippen molar-refractivity contribution < 1.29 is 4.79 Å². The third-order valence-electron chi connectivity index (χ3n) is 6.63. The lowest BCUT2D eigenvalue weighted by Crippen LogP contribution is -2.47. The highest BCUT2D eigenvalue weighted by molar-refractivity contribution is 5.94. The minimum Gasteiger partial charge on any atom is -0.388 e. The van der Waals surface area contributed by atoms with E-state index in [-0.39, 0.29) is 11.5 Å². The molecule has 3 rings (SSSR count). The molecule has 1 fully saturated rings. The van der Waals surface area contributed by atoms with Crippen molar-refractivity contribution >= 4 is 29.2 Å². The highest BCUT2D eigenvalue weighted by Gasteiger charge is 2.20. The van der Waals surface area contributed by atoms with Crippen LogP contribution in [0.3, 0.4) is 0 Å². The molecule has 1 saturated heterocycles. The summed E-state index contributed by atoms with van der Waals surface area (Å²) in [6, 6.07) is 9.39. The van der Waals surface area contributed by atoms with E-state index < -0.39 is 0 Å². The highest BCUT2D eigenvalue weighted by Crippen LogP contribution is 2.24. The number of anilines is 2. The van der Waals surface area contributed by atoms with Gasteiger partial charge in [-0.15, -0.1) is 0 Å². The highest BCUT2D eigenvalue weighted by atomic mass is 16.2. The van der Waals surface area contributed by atoms with Crippen LogP contribution in [0.1, 0.15) is 22.8 Å². The number of allylic oxidation sites excluding steroid dienone is 4. The second-order valence-corrected chi connectivity index (χ2v) is 9.81. The van der Waals surface area contributed by atoms with Crippen LogP contribution in [-0.2, 0) is 0 Å². The maximum absolute atomic E-state index is 12.7. The Kier molecular flexibility index (Phi) is 9.85. The number of pyridine rings is 1. The second kappa shape index (κ2) is 13.1. The Balaban J connectivity index is 1.66. The van der Waals surface area contributed by atoms with Crippen molar-refractivity contribution in [3.8, 4) is 0 Å². The first-order valence-corrected chi connectivity index (χ1v) is 12.8. The Morgan fingerprint density at radius 3 is 2.45 bits per heavy atom. The van der Waals surface area contributed by atoms with Crippen LogP contribution >= 0.6 is 0 Å². The van der Waals surface area contributed by atoms with Gasteiger partial charge in [0, 0.05) is 96.3 Å². The molecule has 8 nitrogen and oxygen atoms in total. The Hall–Kier alpha value is -3.91. The minimum atomic E-state index is -0.134. The van der Waals surface area contributed by atoms with E-state index in [0.717, 1.165) is 55.1 Å². The molecule has 0 unspecified atom stereocenters. The van der Waals surface area contributed by atoms with Gasteiger partial charge in [-0.1, -0.05) is 18.2 Å². The zero-order valence-electron chi connectivity index (χ0n) is 23.5. The first-order chi connectivity index (χ1) is 18.1. The predicted octanol–water partition coefficient (Wildman–Crippen LogP) is 3.77. The number of nitrogens with one attached hydrogen (secondary N) is 1. The quantitative estimate of drug-likeness (QED) is 0.406. The van der Waals surface area contributed by atoms with Gasteiger partial charge in [-0.2, -0.15) is 0 Å². The molecular formula is C30H40N6O2. The van der Waals surface area contributed by atoms with Crippen molar-refractivity contribution in [3.63, 3.8) is 0 Å². The summed E-state index contributed by atoms with van der Waals surface area (Å²) in [6.45, 7) is 13.0. The molecule has 8 heteroatoms. The predicted molar refractivity (Wildman–Crippen MR) is 160 cm³/mol. The lowest BCUT2D eigenvalue weighted by Gasteiger charge is -2.37. The van der Waals surface area contributed by atoms with Crippen molar-refractivity contribution in [2.75, 3.05) is 71.1 Å². The molecule has 1 aliphatic rings. The molecule has 0 spiro atoms. The third-order valence-corrected chi connectivity index (χ3v) is 6.63. The van der Waals surface area contributed by atoms with Crippen molar-refractivity contribution in [1.29, 1.82) is 0 Å². The Bertz CT molecular complexity index is 1310. The SMILES string of the molecule is C=C(/C=C(\C)CN1CCN(c2ccc(C(=O)N(C)C)cc2C)CC1)/C(=C\C=NC)n1ccc(NC)cc1=O. The standard InChI is InChI=1S/C30H40N6O2/c1-22(18-23(2)28(10-12-31-4)36-13-11-26(32-5)20-29(36)37)21-34-14-16-35(17-15-34)27-9-8-25(19-24(27)3)30(38)33(6)7/h8-13,18-20,32H,2,14-17,21H2,1,3-7H3/b22-18+,28-10+,31-12?. The number of benzene rings is 1. The van der Waals surface area contributed by atoms with Gasteiger partial charge in [0.1, 0.15) is 0 Å². The summed E-state index contributed by atoms with van der Waals surface area (Å²) >= 11 is 0. The van der Waals surface area contributed by atoms with Gasteiger partial charge in [-0.3, -0.25) is 24.0 Å². The number of amides is 1. The fraction of sp³-hybridized carbons (Fsp3) is 0.367. The van der Waals surface area contributed by atoms with Crippen LogP contribution in [0.5, 0.6) is 0 Å². The smallest absolute Gasteiger partial charge is 0.257 e. The summed E-state index contributed by atoms with van der Waals surface area (Å²) in [5.74, 6) is 0.0214. The van der Waals surface area contributed by atoms with Gasteiger partial charge in [0.15, 0.2) is 0 Å². The first kappa shape index (κ1) is 28.7. The van der Waals surface area contributed by atoms with Crippen molar-refractivity contribution in [3.05, 3.63) is 87.9 Å². The summed E-state index contributed by atoms with van der Waals surface area (Å²) in [5.41, 5.74) is 6.27. The van der Waals surface area contributed by atoms with E-state index in [4.69, 9.17) is 0 Å². The number of nitrogens with zero attached hydrogens (tertiary/aromatic N) is 5. The molecule has 0 aliphatic carbocycles. The van der Waals surface area contributed by atoms with E-state index in [0.29, 0.717) is 5.70 Å². The molecule has 0 saturated carbocycles. The molecule has 38 heavy (non-hydrogen) atoms. The number of aryl methyl sites for hydroxylation is 1. The van der Waals surface area contributed by atoms with Crippen LogP contribution in [0.15, 0.2) is 76.2 Å². The van der Waals surface area contributed by atoms with Crippen LogP contribution in [-0.4, -0.2) is 87.4 Å². The molecule has 0 bridgehead atoms. The van der Waals surface area contributed by atoms with E-state index in [1.165, 1.54) is 11.3 Å². The van der Waals surface area contributed by atoms with Crippen LogP contribution in [0.2, 0.25) is 0 Å². The summed E-state index contributed by atoms with van der Waals surface area (Å²) < 4.78 is 1.59. The molecule has 0 atom stereocenters. The van der Waals surface area contributed by atoms with E-state index >= 15 is 0 Å². The minimum absolute atomic E-state index is 0.0214. The average Bonchev–Trinajstić information content (AvgIpc) is 2.89. The zero-order chi connectivity index (χ0) is 27.8. The van der Waals surface area contributed by atoms with Gasteiger partial charge >= 0.3 is 0 Å². The summed E-state index contributed by atoms with van der Waals surface area (Å²) in [6.07, 6.45) is 7.28. The monoisotopic (exact) mass is 516 g/mol. The molecule has 1 aliphatic heterocycles. The molecular weight excluding hydrogens is 476 g/mol. The number of aliphatic imine (C=N–C) groups is 1. The number of carbonyl (C=O) groups is 1. The summed E-state index contributed by atoms with van der Waals surface area (Å²) in [5, 5.41) is 2.99. The van der Waals surface area contributed by atoms with Crippen molar-refractivity contribution in [1.82, 2.24) is 14.4 Å². The largest absolute Gasteiger partial charge is 0.388 e. The topological polar surface area (TPSA) is 73.2 Å². The van der Waals surface area contributed by atoms with Gasteiger partial charge in [0.25, 0.3) is 11.5 Å². The lowest BCUT2D eigenvalue weighted by molar-refractivity contribution is 0.0827. The maximum atomic E-state index is 12.7. The Morgan fingerprint density at radius 2 is 1.87 bits per heavy atom. The van der Waals surface area contributed by atoms with E-state index in [2.05, 4.69) is 46.6 Å². The number of aromatic nitrogens is 1. The molecule has 1 aromatic heterocycles. The zero-order valence-corrected chi connectivity index (χ0v) is 23.5. The Labute approximate surface area is 226 Å². The van der Waals surface area contributed by atoms with Crippen LogP contribution < -0.4 is 15.8 Å². The lowest BCUT2D eigenvalue weighted by atomic mass is 10.1. The molecule has 1 amide bonds. The molecule has 1 aromatic carbocycles. The van der Waals surface area contributed by atoms with Gasteiger partial charge in [0.05, 0.1) is 5.70 Å². The normalized spacial score (nSPS) is 15.2. The molecule has 2 aromatic rings. The fourth-order valence-corrected chi connectivity index (χ4v) is 4.64. The molecule has 202 valence electrons. The number of carbonyl (C=O) groups excluding carboxylic acids is 1. The molecule has 0 radical (unpaired) electrons. The molecule has 2 heterocycles. The van der Waals surface area contributed by atoms with Crippen LogP contribution in [0.25, 0.3) is 5.70 Å². The Morgan fingerprint density at radius 1 is 1.16 bits per heavy atom. The fourth-order valence-electron chi connectivity index (χ4n) is 4.64. The van der Waals surface area contributed by atoms with Gasteiger partial charge < -0.3 is 15.1 Å². The number of hydrogen-bond donors (Lipinski definition) is 1. The van der Waals surface area contributed by atoms with Crippen molar-refractivity contribution in [2.45, 2.75) is 13.8 Å². The van der Waals surface area contributed by atoms with Crippen LogP contribution in [0.4, 0.5) is 11.4 Å². The van der Waals surface area contributed by atoms with E-state index in [1.807, 2.05) is 30.4 Å². The third kappa shape index (κ3) is 7.10. The first-order valence-electron chi connectivity index (χ1n) is 12.8. The molecule has 1 N–H and O–H groups in total. The number of hydrogen-bond acceptors (Lipinski definition) is 6. The van der Waals surface area contributed by atoms with Gasteiger partial charge in [0.2, 0.25) is 0 Å². The van der Waals surface area contributed by atoms with E-state index in [9.17, 15) is 9.59 Å². The maximum Gasteiger partial charge on any atom is 0.257 e. The van der Waals surface area contributed by atoms with Gasteiger partial charge in [-0.25, -0.2) is 0 Å². The number of rotatable bonds is 9. The van der Waals surface area contributed by atoms with Gasteiger partial charge in [-0.05, 0) is 55.3 Å². The number of piperazine rings is 1. The van der Waals surface area contributed by atoms with Crippen LogP contribution in [0, 0.1) is 6.92 Å². The van der Waals surface area contributed by atoms with Crippen molar-refractivity contribution in [2.24, 2.45) is 4.99 Å². The van der Waals surface area contributed by atoms with E-state index in [1.54, 1.807) is 56.1 Å².